The second-order valence-electron chi connectivity index (χ2n) is 2.82. The molecule has 0 fully saturated rings. The molecule has 0 bridgehead atoms. The van der Waals surface area contributed by atoms with Gasteiger partial charge in [0.1, 0.15) is 17.2 Å². The molecule has 0 aromatic carbocycles. The number of rotatable bonds is 1. The van der Waals surface area contributed by atoms with Crippen molar-refractivity contribution in [3.8, 4) is 5.69 Å². The maximum absolute atomic E-state index is 12.8. The summed E-state index contributed by atoms with van der Waals surface area (Å²) in [6, 6.07) is 1.28. The van der Waals surface area contributed by atoms with Crippen LogP contribution in [0.3, 0.4) is 0 Å². The van der Waals surface area contributed by atoms with Crippen LogP contribution in [0.4, 0.5) is 10.2 Å². The quantitative estimate of drug-likeness (QED) is 0.723. The summed E-state index contributed by atoms with van der Waals surface area (Å²) in [4.78, 5) is 4.93. The SMILES string of the molecule is Cc1nn(-c2cncc(F)c2)nc1N. The van der Waals surface area contributed by atoms with Crippen molar-refractivity contribution in [2.75, 3.05) is 5.73 Å². The zero-order valence-electron chi connectivity index (χ0n) is 7.48. The van der Waals surface area contributed by atoms with Gasteiger partial charge in [0.25, 0.3) is 0 Å². The molecule has 2 rings (SSSR count). The number of hydrogen-bond acceptors (Lipinski definition) is 4. The van der Waals surface area contributed by atoms with E-state index in [2.05, 4.69) is 15.2 Å². The lowest BCUT2D eigenvalue weighted by atomic mass is 10.4. The number of aryl methyl sites for hydroxylation is 1. The topological polar surface area (TPSA) is 69.6 Å². The fraction of sp³-hybridized carbons (Fsp3) is 0.125. The summed E-state index contributed by atoms with van der Waals surface area (Å²) in [6.07, 6.45) is 2.57. The van der Waals surface area contributed by atoms with E-state index in [0.29, 0.717) is 17.2 Å². The molecule has 0 atom stereocenters. The van der Waals surface area contributed by atoms with Crippen LogP contribution in [0, 0.1) is 12.7 Å². The maximum Gasteiger partial charge on any atom is 0.169 e. The Morgan fingerprint density at radius 2 is 2.14 bits per heavy atom. The Kier molecular flexibility index (Phi) is 1.88. The Balaban J connectivity index is 2.49. The van der Waals surface area contributed by atoms with Crippen molar-refractivity contribution in [1.82, 2.24) is 20.0 Å². The van der Waals surface area contributed by atoms with Crippen molar-refractivity contribution >= 4 is 5.82 Å². The molecule has 0 spiro atoms. The molecule has 5 nitrogen and oxygen atoms in total. The van der Waals surface area contributed by atoms with Gasteiger partial charge in [-0.3, -0.25) is 4.98 Å². The van der Waals surface area contributed by atoms with Gasteiger partial charge in [-0.25, -0.2) is 4.39 Å². The van der Waals surface area contributed by atoms with Gasteiger partial charge in [0, 0.05) is 6.07 Å². The highest BCUT2D eigenvalue weighted by Crippen LogP contribution is 2.08. The fourth-order valence-electron chi connectivity index (χ4n) is 1.02. The molecule has 2 heterocycles. The first-order valence-electron chi connectivity index (χ1n) is 3.97. The molecule has 0 aliphatic heterocycles. The summed E-state index contributed by atoms with van der Waals surface area (Å²) >= 11 is 0. The third kappa shape index (κ3) is 1.41. The van der Waals surface area contributed by atoms with Crippen molar-refractivity contribution in [3.63, 3.8) is 0 Å². The molecule has 0 saturated heterocycles. The Hall–Kier alpha value is -1.98. The molecular formula is C8H8FN5. The van der Waals surface area contributed by atoms with E-state index in [1.807, 2.05) is 0 Å². The third-order valence-electron chi connectivity index (χ3n) is 1.74. The zero-order chi connectivity index (χ0) is 10.1. The van der Waals surface area contributed by atoms with Gasteiger partial charge in [-0.1, -0.05) is 0 Å². The number of nitrogens with zero attached hydrogens (tertiary/aromatic N) is 4. The van der Waals surface area contributed by atoms with Crippen LogP contribution in [0.25, 0.3) is 5.69 Å². The molecule has 0 aliphatic carbocycles. The van der Waals surface area contributed by atoms with Crippen molar-refractivity contribution in [2.45, 2.75) is 6.92 Å². The maximum atomic E-state index is 12.8. The number of nitrogen functional groups attached to an aromatic ring is 1. The monoisotopic (exact) mass is 193 g/mol. The van der Waals surface area contributed by atoms with Gasteiger partial charge in [-0.15, -0.1) is 9.90 Å². The van der Waals surface area contributed by atoms with E-state index in [1.165, 1.54) is 17.1 Å². The van der Waals surface area contributed by atoms with E-state index < -0.39 is 5.82 Å². The minimum atomic E-state index is -0.434. The lowest BCUT2D eigenvalue weighted by Crippen LogP contribution is -2.00. The van der Waals surface area contributed by atoms with Crippen LogP contribution in [-0.2, 0) is 0 Å². The van der Waals surface area contributed by atoms with E-state index in [4.69, 9.17) is 5.73 Å². The summed E-state index contributed by atoms with van der Waals surface area (Å²) in [5.74, 6) is -0.106. The predicted octanol–water partition coefficient (Wildman–Crippen LogP) is 0.692. The van der Waals surface area contributed by atoms with Crippen molar-refractivity contribution < 1.29 is 4.39 Å². The van der Waals surface area contributed by atoms with Crippen molar-refractivity contribution in [3.05, 3.63) is 30.0 Å². The number of pyridine rings is 1. The van der Waals surface area contributed by atoms with Gasteiger partial charge < -0.3 is 5.73 Å². The molecule has 6 heteroatoms. The molecule has 14 heavy (non-hydrogen) atoms. The van der Waals surface area contributed by atoms with Crippen LogP contribution in [0.2, 0.25) is 0 Å². The summed E-state index contributed by atoms with van der Waals surface area (Å²) in [5, 5.41) is 7.89. The van der Waals surface area contributed by atoms with E-state index in [9.17, 15) is 4.39 Å². The molecule has 72 valence electrons. The molecule has 2 aromatic rings. The van der Waals surface area contributed by atoms with E-state index in [1.54, 1.807) is 6.92 Å². The van der Waals surface area contributed by atoms with Gasteiger partial charge in [0.15, 0.2) is 5.82 Å². The fourth-order valence-corrected chi connectivity index (χ4v) is 1.02. The summed E-state index contributed by atoms with van der Waals surface area (Å²) in [7, 11) is 0. The first-order chi connectivity index (χ1) is 6.66. The van der Waals surface area contributed by atoms with Gasteiger partial charge in [0.2, 0.25) is 0 Å². The summed E-state index contributed by atoms with van der Waals surface area (Å²) in [5.41, 5.74) is 6.56. The van der Waals surface area contributed by atoms with Crippen LogP contribution in [0.1, 0.15) is 5.69 Å². The number of halogens is 1. The molecule has 0 amide bonds. The molecule has 0 saturated carbocycles. The van der Waals surface area contributed by atoms with Crippen LogP contribution in [0.5, 0.6) is 0 Å². The van der Waals surface area contributed by atoms with Gasteiger partial charge in [-0.2, -0.15) is 5.10 Å². The second kappa shape index (κ2) is 3.06. The Labute approximate surface area is 79.4 Å². The first-order valence-corrected chi connectivity index (χ1v) is 3.97. The predicted molar refractivity (Wildman–Crippen MR) is 48.3 cm³/mol. The highest BCUT2D eigenvalue weighted by molar-refractivity contribution is 5.34. The summed E-state index contributed by atoms with van der Waals surface area (Å²) in [6.45, 7) is 1.73. The second-order valence-corrected chi connectivity index (χ2v) is 2.82. The van der Waals surface area contributed by atoms with E-state index in [-0.39, 0.29) is 0 Å². The van der Waals surface area contributed by atoms with Crippen LogP contribution >= 0.6 is 0 Å². The normalized spacial score (nSPS) is 10.4. The lowest BCUT2D eigenvalue weighted by Gasteiger charge is -1.97. The largest absolute Gasteiger partial charge is 0.381 e. The standard InChI is InChI=1S/C8H8FN5/c1-5-8(10)13-14(12-5)7-2-6(9)3-11-4-7/h2-4H,1H3,(H2,10,13). The Morgan fingerprint density at radius 1 is 1.36 bits per heavy atom. The average molecular weight is 193 g/mol. The van der Waals surface area contributed by atoms with Gasteiger partial charge >= 0.3 is 0 Å². The molecule has 0 aliphatic rings. The number of anilines is 1. The molecule has 2 aromatic heterocycles. The van der Waals surface area contributed by atoms with Gasteiger partial charge in [-0.05, 0) is 6.92 Å². The Bertz CT molecular complexity index is 445. The number of nitrogens with two attached hydrogens (primary N) is 1. The summed E-state index contributed by atoms with van der Waals surface area (Å²) < 4.78 is 12.8. The number of aromatic nitrogens is 4. The minimum absolute atomic E-state index is 0.328. The van der Waals surface area contributed by atoms with E-state index in [0.717, 1.165) is 6.20 Å². The van der Waals surface area contributed by atoms with Crippen molar-refractivity contribution in [1.29, 1.82) is 0 Å². The smallest absolute Gasteiger partial charge is 0.169 e. The first kappa shape index (κ1) is 8.61. The Morgan fingerprint density at radius 3 is 2.71 bits per heavy atom. The van der Waals surface area contributed by atoms with E-state index >= 15 is 0 Å². The highest BCUT2D eigenvalue weighted by Gasteiger charge is 2.05. The highest BCUT2D eigenvalue weighted by atomic mass is 19.1. The zero-order valence-corrected chi connectivity index (χ0v) is 7.48. The van der Waals surface area contributed by atoms with Crippen LogP contribution in [0.15, 0.2) is 18.5 Å². The van der Waals surface area contributed by atoms with Crippen LogP contribution in [-0.4, -0.2) is 20.0 Å². The minimum Gasteiger partial charge on any atom is -0.381 e. The third-order valence-corrected chi connectivity index (χ3v) is 1.74. The number of hydrogen-bond donors (Lipinski definition) is 1. The van der Waals surface area contributed by atoms with Gasteiger partial charge in [0.05, 0.1) is 12.4 Å². The van der Waals surface area contributed by atoms with Crippen molar-refractivity contribution in [2.24, 2.45) is 0 Å². The van der Waals surface area contributed by atoms with Crippen LogP contribution < -0.4 is 5.73 Å². The average Bonchev–Trinajstić information content (AvgIpc) is 2.47. The molecular weight excluding hydrogens is 185 g/mol. The molecule has 0 unspecified atom stereocenters. The molecule has 0 radical (unpaired) electrons. The lowest BCUT2D eigenvalue weighted by molar-refractivity contribution is 0.615. The molecule has 2 N–H and O–H groups in total.